The second-order valence-electron chi connectivity index (χ2n) is 3.80. The Bertz CT molecular complexity index is 557. The molecule has 6 heteroatoms. The molecule has 0 saturated carbocycles. The molecule has 2 aromatic rings. The molecular formula is C12H11ClN2O2S. The maximum Gasteiger partial charge on any atom is 0.271 e. The minimum Gasteiger partial charge on any atom is -0.376 e. The van der Waals surface area contributed by atoms with Gasteiger partial charge in [-0.2, -0.15) is 0 Å². The lowest BCUT2D eigenvalue weighted by Gasteiger charge is -2.14. The molecule has 0 bridgehead atoms. The van der Waals surface area contributed by atoms with Crippen LogP contribution in [0.5, 0.6) is 0 Å². The van der Waals surface area contributed by atoms with E-state index in [0.717, 1.165) is 4.88 Å². The Labute approximate surface area is 113 Å². The zero-order valence-corrected chi connectivity index (χ0v) is 11.2. The van der Waals surface area contributed by atoms with Crippen LogP contribution in [0.25, 0.3) is 0 Å². The Kier molecular flexibility index (Phi) is 3.84. The van der Waals surface area contributed by atoms with Crippen LogP contribution in [0.15, 0.2) is 35.7 Å². The van der Waals surface area contributed by atoms with Crippen molar-refractivity contribution in [3.8, 4) is 0 Å². The van der Waals surface area contributed by atoms with E-state index in [9.17, 15) is 10.1 Å². The van der Waals surface area contributed by atoms with E-state index in [-0.39, 0.29) is 11.7 Å². The maximum atomic E-state index is 10.7. The van der Waals surface area contributed by atoms with Crippen molar-refractivity contribution in [3.63, 3.8) is 0 Å². The van der Waals surface area contributed by atoms with Crippen LogP contribution in [0.4, 0.5) is 11.4 Å². The molecule has 1 aromatic heterocycles. The van der Waals surface area contributed by atoms with Crippen LogP contribution in [-0.2, 0) is 0 Å². The number of thiophene rings is 1. The van der Waals surface area contributed by atoms with Crippen LogP contribution in [0.3, 0.4) is 0 Å². The van der Waals surface area contributed by atoms with Crippen molar-refractivity contribution in [2.24, 2.45) is 0 Å². The van der Waals surface area contributed by atoms with E-state index in [0.29, 0.717) is 10.7 Å². The van der Waals surface area contributed by atoms with E-state index in [1.165, 1.54) is 18.2 Å². The number of nitro groups is 1. The molecule has 1 aromatic carbocycles. The first-order valence-corrected chi connectivity index (χ1v) is 6.57. The Morgan fingerprint density at radius 1 is 1.44 bits per heavy atom. The molecule has 0 amide bonds. The van der Waals surface area contributed by atoms with Crippen LogP contribution < -0.4 is 5.32 Å². The molecule has 0 aliphatic heterocycles. The summed E-state index contributed by atoms with van der Waals surface area (Å²) in [6.07, 6.45) is 0. The molecular weight excluding hydrogens is 272 g/mol. The maximum absolute atomic E-state index is 10.7. The van der Waals surface area contributed by atoms with Gasteiger partial charge in [-0.15, -0.1) is 11.3 Å². The second-order valence-corrected chi connectivity index (χ2v) is 5.19. The van der Waals surface area contributed by atoms with Crippen LogP contribution in [0, 0.1) is 10.1 Å². The fourth-order valence-electron chi connectivity index (χ4n) is 1.58. The largest absolute Gasteiger partial charge is 0.376 e. The highest BCUT2D eigenvalue weighted by Crippen LogP contribution is 2.30. The van der Waals surface area contributed by atoms with Gasteiger partial charge in [0, 0.05) is 17.0 Å². The van der Waals surface area contributed by atoms with Gasteiger partial charge in [-0.1, -0.05) is 17.7 Å². The normalized spacial score (nSPS) is 12.1. The number of non-ortho nitro benzene ring substituents is 1. The van der Waals surface area contributed by atoms with Crippen molar-refractivity contribution >= 4 is 34.3 Å². The monoisotopic (exact) mass is 282 g/mol. The van der Waals surface area contributed by atoms with Crippen LogP contribution >= 0.6 is 22.9 Å². The summed E-state index contributed by atoms with van der Waals surface area (Å²) >= 11 is 7.65. The van der Waals surface area contributed by atoms with E-state index in [2.05, 4.69) is 5.32 Å². The lowest BCUT2D eigenvalue weighted by molar-refractivity contribution is -0.384. The molecule has 0 fully saturated rings. The molecule has 1 atom stereocenters. The van der Waals surface area contributed by atoms with Crippen LogP contribution in [-0.4, -0.2) is 4.92 Å². The van der Waals surface area contributed by atoms with E-state index >= 15 is 0 Å². The second kappa shape index (κ2) is 5.37. The molecule has 1 heterocycles. The van der Waals surface area contributed by atoms with Crippen molar-refractivity contribution in [3.05, 3.63) is 55.7 Å². The number of anilines is 1. The minimum absolute atomic E-state index is 0.0280. The Morgan fingerprint density at radius 3 is 2.83 bits per heavy atom. The molecule has 0 aliphatic carbocycles. The summed E-state index contributed by atoms with van der Waals surface area (Å²) in [5.74, 6) is 0. The SMILES string of the molecule is CC(Nc1cc([N+](=O)[O-])ccc1Cl)c1cccs1. The summed E-state index contributed by atoms with van der Waals surface area (Å²) in [4.78, 5) is 11.4. The van der Waals surface area contributed by atoms with Gasteiger partial charge in [0.05, 0.1) is 21.7 Å². The van der Waals surface area contributed by atoms with Crippen molar-refractivity contribution in [1.29, 1.82) is 0 Å². The Hall–Kier alpha value is -1.59. The number of hydrogen-bond acceptors (Lipinski definition) is 4. The third-order valence-electron chi connectivity index (χ3n) is 2.50. The smallest absolute Gasteiger partial charge is 0.271 e. The first kappa shape index (κ1) is 12.9. The molecule has 0 saturated heterocycles. The van der Waals surface area contributed by atoms with E-state index < -0.39 is 4.92 Å². The zero-order valence-electron chi connectivity index (χ0n) is 9.59. The zero-order chi connectivity index (χ0) is 13.1. The third kappa shape index (κ3) is 2.80. The van der Waals surface area contributed by atoms with Crippen molar-refractivity contribution in [2.75, 3.05) is 5.32 Å². The van der Waals surface area contributed by atoms with Gasteiger partial charge in [-0.3, -0.25) is 10.1 Å². The van der Waals surface area contributed by atoms with E-state index in [4.69, 9.17) is 11.6 Å². The summed E-state index contributed by atoms with van der Waals surface area (Å²) in [6.45, 7) is 1.99. The number of nitrogens with zero attached hydrogens (tertiary/aromatic N) is 1. The van der Waals surface area contributed by atoms with Gasteiger partial charge in [0.15, 0.2) is 0 Å². The van der Waals surface area contributed by atoms with Gasteiger partial charge in [0.1, 0.15) is 0 Å². The van der Waals surface area contributed by atoms with E-state index in [1.54, 1.807) is 11.3 Å². The topological polar surface area (TPSA) is 55.2 Å². The number of halogens is 1. The predicted molar refractivity (Wildman–Crippen MR) is 74.5 cm³/mol. The predicted octanol–water partition coefficient (Wildman–Crippen LogP) is 4.48. The molecule has 4 nitrogen and oxygen atoms in total. The van der Waals surface area contributed by atoms with Crippen molar-refractivity contribution < 1.29 is 4.92 Å². The average molecular weight is 283 g/mol. The molecule has 94 valence electrons. The molecule has 0 spiro atoms. The van der Waals surface area contributed by atoms with E-state index in [1.807, 2.05) is 24.4 Å². The number of nitrogens with one attached hydrogen (secondary N) is 1. The number of nitro benzene ring substituents is 1. The summed E-state index contributed by atoms with van der Waals surface area (Å²) < 4.78 is 0. The van der Waals surface area contributed by atoms with Gasteiger partial charge >= 0.3 is 0 Å². The van der Waals surface area contributed by atoms with Gasteiger partial charge < -0.3 is 5.32 Å². The minimum atomic E-state index is -0.433. The number of hydrogen-bond donors (Lipinski definition) is 1. The average Bonchev–Trinajstić information content (AvgIpc) is 2.85. The Morgan fingerprint density at radius 2 is 2.22 bits per heavy atom. The summed E-state index contributed by atoms with van der Waals surface area (Å²) in [6, 6.07) is 8.41. The summed E-state index contributed by atoms with van der Waals surface area (Å²) in [7, 11) is 0. The fourth-order valence-corrected chi connectivity index (χ4v) is 2.49. The molecule has 0 radical (unpaired) electrons. The van der Waals surface area contributed by atoms with Gasteiger partial charge in [0.25, 0.3) is 5.69 Å². The summed E-state index contributed by atoms with van der Waals surface area (Å²) in [5.41, 5.74) is 0.604. The number of benzene rings is 1. The fraction of sp³-hybridized carbons (Fsp3) is 0.167. The van der Waals surface area contributed by atoms with Crippen molar-refractivity contribution in [2.45, 2.75) is 13.0 Å². The third-order valence-corrected chi connectivity index (χ3v) is 3.89. The van der Waals surface area contributed by atoms with Crippen LogP contribution in [0.2, 0.25) is 5.02 Å². The van der Waals surface area contributed by atoms with Gasteiger partial charge in [0.2, 0.25) is 0 Å². The van der Waals surface area contributed by atoms with Crippen molar-refractivity contribution in [1.82, 2.24) is 0 Å². The molecule has 18 heavy (non-hydrogen) atoms. The van der Waals surface area contributed by atoms with Crippen LogP contribution in [0.1, 0.15) is 17.8 Å². The highest BCUT2D eigenvalue weighted by molar-refractivity contribution is 7.10. The molecule has 1 N–H and O–H groups in total. The van der Waals surface area contributed by atoms with Gasteiger partial charge in [-0.25, -0.2) is 0 Å². The molecule has 1 unspecified atom stereocenters. The first-order chi connectivity index (χ1) is 8.58. The standard InChI is InChI=1S/C12H11ClN2O2S/c1-8(12-3-2-6-18-12)14-11-7-9(15(16)17)4-5-10(11)13/h2-8,14H,1H3. The first-order valence-electron chi connectivity index (χ1n) is 5.32. The quantitative estimate of drug-likeness (QED) is 0.664. The lowest BCUT2D eigenvalue weighted by atomic mass is 10.2. The highest BCUT2D eigenvalue weighted by atomic mass is 35.5. The number of rotatable bonds is 4. The lowest BCUT2D eigenvalue weighted by Crippen LogP contribution is -2.05. The molecule has 2 rings (SSSR count). The Balaban J connectivity index is 2.23. The molecule has 0 aliphatic rings. The van der Waals surface area contributed by atoms with Gasteiger partial charge in [-0.05, 0) is 24.4 Å². The summed E-state index contributed by atoms with van der Waals surface area (Å²) in [5, 5.41) is 16.4. The highest BCUT2D eigenvalue weighted by Gasteiger charge is 2.12.